The van der Waals surface area contributed by atoms with Crippen molar-refractivity contribution in [2.75, 3.05) is 0 Å². The minimum Gasteiger partial charge on any atom is -0.271 e. The highest BCUT2D eigenvalue weighted by molar-refractivity contribution is 5.29. The molecule has 110 valence electrons. The summed E-state index contributed by atoms with van der Waals surface area (Å²) in [6.07, 6.45) is 5.81. The molecule has 0 amide bonds. The molecule has 2 aliphatic carbocycles. The molecule has 0 heterocycles. The first-order valence-corrected chi connectivity index (χ1v) is 7.50. The first kappa shape index (κ1) is 14.0. The highest BCUT2D eigenvalue weighted by atomic mass is 19.1. The number of hydrazine groups is 1. The van der Waals surface area contributed by atoms with E-state index in [0.29, 0.717) is 11.5 Å². The van der Waals surface area contributed by atoms with Crippen LogP contribution in [0.4, 0.5) is 8.78 Å². The number of rotatable bonds is 4. The SMILES string of the molecule is Cc1ccc(F)c(C(CC2CC3CCC2C3)NN)c1F. The summed E-state index contributed by atoms with van der Waals surface area (Å²) in [5, 5.41) is 0. The Balaban J connectivity index is 1.82. The smallest absolute Gasteiger partial charge is 0.133 e. The van der Waals surface area contributed by atoms with Crippen molar-refractivity contribution in [1.82, 2.24) is 5.43 Å². The molecule has 20 heavy (non-hydrogen) atoms. The Morgan fingerprint density at radius 3 is 2.70 bits per heavy atom. The molecule has 2 aliphatic rings. The van der Waals surface area contributed by atoms with Gasteiger partial charge in [0.25, 0.3) is 0 Å². The van der Waals surface area contributed by atoms with E-state index in [1.807, 2.05) is 0 Å². The van der Waals surface area contributed by atoms with Crippen LogP contribution in [0.25, 0.3) is 0 Å². The van der Waals surface area contributed by atoms with E-state index in [2.05, 4.69) is 5.43 Å². The normalized spacial score (nSPS) is 29.9. The van der Waals surface area contributed by atoms with Gasteiger partial charge in [-0.15, -0.1) is 0 Å². The number of halogens is 2. The van der Waals surface area contributed by atoms with Crippen molar-refractivity contribution in [3.05, 3.63) is 34.9 Å². The number of fused-ring (bicyclic) bond motifs is 2. The second-order valence-corrected chi connectivity index (χ2v) is 6.48. The summed E-state index contributed by atoms with van der Waals surface area (Å²) in [6.45, 7) is 1.66. The van der Waals surface area contributed by atoms with Gasteiger partial charge in [-0.3, -0.25) is 11.3 Å². The van der Waals surface area contributed by atoms with Crippen LogP contribution < -0.4 is 11.3 Å². The highest BCUT2D eigenvalue weighted by Crippen LogP contribution is 2.51. The first-order valence-electron chi connectivity index (χ1n) is 7.50. The summed E-state index contributed by atoms with van der Waals surface area (Å²) in [5.74, 6) is 6.73. The average molecular weight is 280 g/mol. The van der Waals surface area contributed by atoms with Crippen LogP contribution in [0, 0.1) is 36.3 Å². The molecule has 0 saturated heterocycles. The third-order valence-electron chi connectivity index (χ3n) is 5.29. The lowest BCUT2D eigenvalue weighted by Gasteiger charge is -2.27. The van der Waals surface area contributed by atoms with Gasteiger partial charge in [-0.2, -0.15) is 0 Å². The second-order valence-electron chi connectivity index (χ2n) is 6.48. The van der Waals surface area contributed by atoms with E-state index in [1.54, 1.807) is 6.92 Å². The van der Waals surface area contributed by atoms with Gasteiger partial charge in [-0.05, 0) is 62.0 Å². The Morgan fingerprint density at radius 1 is 1.30 bits per heavy atom. The molecule has 1 aromatic carbocycles. The van der Waals surface area contributed by atoms with Crippen molar-refractivity contribution < 1.29 is 8.78 Å². The van der Waals surface area contributed by atoms with E-state index in [1.165, 1.54) is 37.8 Å². The first-order chi connectivity index (χ1) is 9.60. The molecular formula is C16H22F2N2. The maximum atomic E-state index is 14.2. The molecule has 2 nitrogen and oxygen atoms in total. The van der Waals surface area contributed by atoms with Crippen LogP contribution in [0.1, 0.15) is 49.3 Å². The summed E-state index contributed by atoms with van der Waals surface area (Å²) >= 11 is 0. The molecule has 3 rings (SSSR count). The number of nitrogens with two attached hydrogens (primary N) is 1. The quantitative estimate of drug-likeness (QED) is 0.653. The summed E-state index contributed by atoms with van der Waals surface area (Å²) in [6, 6.07) is 2.37. The fraction of sp³-hybridized carbons (Fsp3) is 0.625. The fourth-order valence-electron chi connectivity index (χ4n) is 4.23. The van der Waals surface area contributed by atoms with Crippen molar-refractivity contribution >= 4 is 0 Å². The zero-order chi connectivity index (χ0) is 14.3. The van der Waals surface area contributed by atoms with Crippen LogP contribution in [-0.4, -0.2) is 0 Å². The third kappa shape index (κ3) is 2.35. The molecule has 2 fully saturated rings. The van der Waals surface area contributed by atoms with Crippen molar-refractivity contribution in [2.24, 2.45) is 23.6 Å². The molecule has 0 radical (unpaired) electrons. The van der Waals surface area contributed by atoms with Crippen LogP contribution >= 0.6 is 0 Å². The van der Waals surface area contributed by atoms with Gasteiger partial charge in [0.05, 0.1) is 6.04 Å². The number of nitrogens with one attached hydrogen (secondary N) is 1. The Morgan fingerprint density at radius 2 is 2.10 bits per heavy atom. The number of aryl methyl sites for hydroxylation is 1. The van der Waals surface area contributed by atoms with E-state index in [9.17, 15) is 8.78 Å². The van der Waals surface area contributed by atoms with E-state index in [4.69, 9.17) is 5.84 Å². The van der Waals surface area contributed by atoms with Gasteiger partial charge in [0.2, 0.25) is 0 Å². The minimum absolute atomic E-state index is 0.107. The third-order valence-corrected chi connectivity index (χ3v) is 5.29. The summed E-state index contributed by atoms with van der Waals surface area (Å²) in [5.41, 5.74) is 3.21. The van der Waals surface area contributed by atoms with Crippen molar-refractivity contribution in [3.63, 3.8) is 0 Å². The van der Waals surface area contributed by atoms with Crippen LogP contribution in [0.15, 0.2) is 12.1 Å². The molecule has 1 aromatic rings. The van der Waals surface area contributed by atoms with Gasteiger partial charge < -0.3 is 0 Å². The topological polar surface area (TPSA) is 38.0 Å². The molecule has 4 unspecified atom stereocenters. The van der Waals surface area contributed by atoms with Crippen LogP contribution in [-0.2, 0) is 0 Å². The van der Waals surface area contributed by atoms with Crippen LogP contribution in [0.2, 0.25) is 0 Å². The average Bonchev–Trinajstić information content (AvgIpc) is 3.04. The summed E-state index contributed by atoms with van der Waals surface area (Å²) < 4.78 is 28.2. The minimum atomic E-state index is -0.501. The van der Waals surface area contributed by atoms with Gasteiger partial charge in [-0.1, -0.05) is 12.5 Å². The molecule has 0 spiro atoms. The molecule has 0 aliphatic heterocycles. The fourth-order valence-corrected chi connectivity index (χ4v) is 4.23. The predicted octanol–water partition coefficient (Wildman–Crippen LogP) is 3.60. The van der Waals surface area contributed by atoms with Gasteiger partial charge in [0.1, 0.15) is 11.6 Å². The lowest BCUT2D eigenvalue weighted by atomic mass is 9.82. The summed E-state index contributed by atoms with van der Waals surface area (Å²) in [4.78, 5) is 0. The van der Waals surface area contributed by atoms with Crippen LogP contribution in [0.3, 0.4) is 0 Å². The van der Waals surface area contributed by atoms with E-state index in [-0.39, 0.29) is 5.56 Å². The molecule has 2 saturated carbocycles. The molecule has 4 heteroatoms. The zero-order valence-corrected chi connectivity index (χ0v) is 11.8. The molecule has 4 atom stereocenters. The van der Waals surface area contributed by atoms with Crippen molar-refractivity contribution in [3.8, 4) is 0 Å². The van der Waals surface area contributed by atoms with E-state index < -0.39 is 17.7 Å². The predicted molar refractivity (Wildman–Crippen MR) is 74.7 cm³/mol. The molecule has 0 aromatic heterocycles. The molecule has 3 N–H and O–H groups in total. The molecule has 2 bridgehead atoms. The van der Waals surface area contributed by atoms with Gasteiger partial charge in [0.15, 0.2) is 0 Å². The number of hydrogen-bond acceptors (Lipinski definition) is 2. The second kappa shape index (κ2) is 5.41. The van der Waals surface area contributed by atoms with Crippen LogP contribution in [0.5, 0.6) is 0 Å². The Kier molecular flexibility index (Phi) is 3.78. The maximum Gasteiger partial charge on any atom is 0.133 e. The van der Waals surface area contributed by atoms with Gasteiger partial charge >= 0.3 is 0 Å². The Labute approximate surface area is 118 Å². The van der Waals surface area contributed by atoms with Gasteiger partial charge in [-0.25, -0.2) is 8.78 Å². The van der Waals surface area contributed by atoms with E-state index in [0.717, 1.165) is 18.3 Å². The number of hydrogen-bond donors (Lipinski definition) is 2. The monoisotopic (exact) mass is 280 g/mol. The lowest BCUT2D eigenvalue weighted by molar-refractivity contribution is 0.274. The standard InChI is InChI=1S/C16H22F2N2/c1-9-2-5-13(17)15(16(9)18)14(20-19)8-12-7-10-3-4-11(12)6-10/h2,5,10-12,14,20H,3-4,6-8,19H2,1H3. The maximum absolute atomic E-state index is 14.2. The Bertz CT molecular complexity index is 503. The zero-order valence-electron chi connectivity index (χ0n) is 11.8. The molecular weight excluding hydrogens is 258 g/mol. The van der Waals surface area contributed by atoms with Crippen molar-refractivity contribution in [2.45, 2.75) is 45.1 Å². The van der Waals surface area contributed by atoms with Crippen molar-refractivity contribution in [1.29, 1.82) is 0 Å². The Hall–Kier alpha value is -1.00. The largest absolute Gasteiger partial charge is 0.271 e. The number of benzene rings is 1. The lowest BCUT2D eigenvalue weighted by Crippen LogP contribution is -2.32. The van der Waals surface area contributed by atoms with E-state index >= 15 is 0 Å². The highest BCUT2D eigenvalue weighted by Gasteiger charge is 2.40. The summed E-state index contributed by atoms with van der Waals surface area (Å²) in [7, 11) is 0. The van der Waals surface area contributed by atoms with Gasteiger partial charge in [0, 0.05) is 5.56 Å².